The van der Waals surface area contributed by atoms with E-state index in [0.29, 0.717) is 12.1 Å². The van der Waals surface area contributed by atoms with E-state index in [1.807, 2.05) is 0 Å². The molecule has 0 radical (unpaired) electrons. The van der Waals surface area contributed by atoms with Gasteiger partial charge in [0, 0.05) is 6.04 Å². The molecule has 0 aromatic heterocycles. The van der Waals surface area contributed by atoms with E-state index in [1.54, 1.807) is 0 Å². The second-order valence-electron chi connectivity index (χ2n) is 5.98. The molecular formula is C17H25N3O. The average Bonchev–Trinajstić information content (AvgIpc) is 3.14. The molecule has 0 saturated heterocycles. The minimum atomic E-state index is 0.299. The maximum Gasteiger partial charge on any atom is 0.192 e. The zero-order valence-electron chi connectivity index (χ0n) is 12.8. The number of hydrogen-bond acceptors (Lipinski definition) is 4. The summed E-state index contributed by atoms with van der Waals surface area (Å²) < 4.78 is 5.65. The second kappa shape index (κ2) is 6.37. The largest absolute Gasteiger partial charge is 0.494 e. The van der Waals surface area contributed by atoms with Crippen LogP contribution < -0.4 is 10.5 Å². The van der Waals surface area contributed by atoms with E-state index < -0.39 is 0 Å². The first-order valence-corrected chi connectivity index (χ1v) is 8.10. The van der Waals surface area contributed by atoms with E-state index in [9.17, 15) is 0 Å². The third-order valence-corrected chi connectivity index (χ3v) is 4.48. The number of guanidine groups is 1. The Kier molecular flexibility index (Phi) is 4.32. The van der Waals surface area contributed by atoms with Crippen LogP contribution in [0.2, 0.25) is 0 Å². The zero-order valence-corrected chi connectivity index (χ0v) is 12.8. The highest BCUT2D eigenvalue weighted by atomic mass is 16.5. The second-order valence-corrected chi connectivity index (χ2v) is 5.98. The van der Waals surface area contributed by atoms with E-state index in [1.165, 1.54) is 31.2 Å². The Morgan fingerprint density at radius 2 is 1.95 bits per heavy atom. The van der Waals surface area contributed by atoms with Gasteiger partial charge >= 0.3 is 0 Å². The Bertz CT molecular complexity index is 491. The summed E-state index contributed by atoms with van der Waals surface area (Å²) in [6.07, 6.45) is 6.13. The standard InChI is InChI=1S/C17H25N3O/c1-2-11-21-15-9-7-13(8-10-15)16-12-19-17(18)20(16)14-5-3-4-6-14/h7-10,14,16H,2-6,11-12H2,1H3,(H2,18,19). The van der Waals surface area contributed by atoms with Crippen LogP contribution in [-0.4, -0.2) is 30.1 Å². The summed E-state index contributed by atoms with van der Waals surface area (Å²) >= 11 is 0. The molecule has 1 saturated carbocycles. The molecule has 1 aliphatic heterocycles. The number of rotatable bonds is 5. The van der Waals surface area contributed by atoms with Crippen LogP contribution in [0.25, 0.3) is 0 Å². The first-order valence-electron chi connectivity index (χ1n) is 8.10. The summed E-state index contributed by atoms with van der Waals surface area (Å²) in [5, 5.41) is 0. The van der Waals surface area contributed by atoms with Gasteiger partial charge < -0.3 is 15.4 Å². The lowest BCUT2D eigenvalue weighted by Crippen LogP contribution is -2.42. The van der Waals surface area contributed by atoms with Crippen molar-refractivity contribution >= 4 is 5.96 Å². The molecule has 2 aliphatic rings. The van der Waals surface area contributed by atoms with Crippen molar-refractivity contribution in [2.24, 2.45) is 10.7 Å². The lowest BCUT2D eigenvalue weighted by atomic mass is 10.0. The molecule has 1 aromatic carbocycles. The average molecular weight is 287 g/mol. The molecule has 21 heavy (non-hydrogen) atoms. The lowest BCUT2D eigenvalue weighted by molar-refractivity contribution is 0.262. The van der Waals surface area contributed by atoms with E-state index >= 15 is 0 Å². The Labute approximate surface area is 127 Å². The van der Waals surface area contributed by atoms with Crippen molar-refractivity contribution in [1.29, 1.82) is 0 Å². The summed E-state index contributed by atoms with van der Waals surface area (Å²) in [5.41, 5.74) is 7.42. The quantitative estimate of drug-likeness (QED) is 0.905. The van der Waals surface area contributed by atoms with Crippen LogP contribution in [0.1, 0.15) is 50.6 Å². The number of hydrogen-bond donors (Lipinski definition) is 1. The van der Waals surface area contributed by atoms with Gasteiger partial charge in [-0.2, -0.15) is 0 Å². The normalized spacial score (nSPS) is 22.6. The molecule has 0 spiro atoms. The first-order chi connectivity index (χ1) is 10.3. The Balaban J connectivity index is 1.73. The van der Waals surface area contributed by atoms with Crippen molar-refractivity contribution in [3.05, 3.63) is 29.8 Å². The third kappa shape index (κ3) is 2.99. The number of nitrogens with two attached hydrogens (primary N) is 1. The van der Waals surface area contributed by atoms with Crippen LogP contribution >= 0.6 is 0 Å². The van der Waals surface area contributed by atoms with Crippen LogP contribution in [0.5, 0.6) is 5.75 Å². The van der Waals surface area contributed by atoms with Gasteiger partial charge in [-0.05, 0) is 37.0 Å². The number of nitrogens with zero attached hydrogens (tertiary/aromatic N) is 2. The van der Waals surface area contributed by atoms with Crippen LogP contribution in [-0.2, 0) is 0 Å². The first kappa shape index (κ1) is 14.2. The Morgan fingerprint density at radius 3 is 2.62 bits per heavy atom. The molecule has 1 heterocycles. The molecule has 1 unspecified atom stereocenters. The van der Waals surface area contributed by atoms with Gasteiger partial charge in [0.25, 0.3) is 0 Å². The summed E-state index contributed by atoms with van der Waals surface area (Å²) in [5.74, 6) is 1.66. The molecule has 0 bridgehead atoms. The summed E-state index contributed by atoms with van der Waals surface area (Å²) in [6.45, 7) is 3.66. The molecule has 3 rings (SSSR count). The van der Waals surface area contributed by atoms with Crippen molar-refractivity contribution < 1.29 is 4.74 Å². The van der Waals surface area contributed by atoms with E-state index in [2.05, 4.69) is 41.1 Å². The van der Waals surface area contributed by atoms with E-state index in [4.69, 9.17) is 10.5 Å². The third-order valence-electron chi connectivity index (χ3n) is 4.48. The molecule has 114 valence electrons. The molecular weight excluding hydrogens is 262 g/mol. The molecule has 1 atom stereocenters. The van der Waals surface area contributed by atoms with Crippen molar-refractivity contribution in [3.63, 3.8) is 0 Å². The van der Waals surface area contributed by atoms with E-state index in [0.717, 1.165) is 31.3 Å². The van der Waals surface area contributed by atoms with Gasteiger partial charge in [-0.3, -0.25) is 4.99 Å². The van der Waals surface area contributed by atoms with Gasteiger partial charge in [0.15, 0.2) is 5.96 Å². The fourth-order valence-electron chi connectivity index (χ4n) is 3.41. The Hall–Kier alpha value is -1.71. The fourth-order valence-corrected chi connectivity index (χ4v) is 3.41. The number of ether oxygens (including phenoxy) is 1. The minimum Gasteiger partial charge on any atom is -0.494 e. The SMILES string of the molecule is CCCOc1ccc(C2CN=C(N)N2C2CCCC2)cc1. The minimum absolute atomic E-state index is 0.299. The van der Waals surface area contributed by atoms with E-state index in [-0.39, 0.29) is 0 Å². The molecule has 2 N–H and O–H groups in total. The highest BCUT2D eigenvalue weighted by Crippen LogP contribution is 2.34. The predicted molar refractivity (Wildman–Crippen MR) is 85.6 cm³/mol. The smallest absolute Gasteiger partial charge is 0.192 e. The van der Waals surface area contributed by atoms with Gasteiger partial charge in [0.2, 0.25) is 0 Å². The molecule has 1 aliphatic carbocycles. The van der Waals surface area contributed by atoms with Crippen LogP contribution in [0.4, 0.5) is 0 Å². The maximum absolute atomic E-state index is 6.13. The summed E-state index contributed by atoms with van der Waals surface area (Å²) in [4.78, 5) is 6.82. The molecule has 4 nitrogen and oxygen atoms in total. The Morgan fingerprint density at radius 1 is 1.24 bits per heavy atom. The van der Waals surface area contributed by atoms with Crippen molar-refractivity contribution in [2.75, 3.05) is 13.2 Å². The highest BCUT2D eigenvalue weighted by Gasteiger charge is 2.34. The van der Waals surface area contributed by atoms with Crippen molar-refractivity contribution in [1.82, 2.24) is 4.90 Å². The molecule has 1 aromatic rings. The zero-order chi connectivity index (χ0) is 14.7. The van der Waals surface area contributed by atoms with Gasteiger partial charge in [-0.1, -0.05) is 31.9 Å². The highest BCUT2D eigenvalue weighted by molar-refractivity contribution is 5.80. The maximum atomic E-state index is 6.13. The van der Waals surface area contributed by atoms with Gasteiger partial charge in [0.05, 0.1) is 19.2 Å². The summed E-state index contributed by atoms with van der Waals surface area (Å²) in [6, 6.07) is 9.31. The molecule has 1 fully saturated rings. The van der Waals surface area contributed by atoms with Gasteiger partial charge in [0.1, 0.15) is 5.75 Å². The van der Waals surface area contributed by atoms with Gasteiger partial charge in [-0.25, -0.2) is 0 Å². The lowest BCUT2D eigenvalue weighted by Gasteiger charge is -2.32. The molecule has 4 heteroatoms. The van der Waals surface area contributed by atoms with Crippen molar-refractivity contribution in [2.45, 2.75) is 51.1 Å². The van der Waals surface area contributed by atoms with Crippen LogP contribution in [0.15, 0.2) is 29.3 Å². The van der Waals surface area contributed by atoms with Crippen LogP contribution in [0.3, 0.4) is 0 Å². The number of benzene rings is 1. The molecule has 0 amide bonds. The monoisotopic (exact) mass is 287 g/mol. The van der Waals surface area contributed by atoms with Gasteiger partial charge in [-0.15, -0.1) is 0 Å². The topological polar surface area (TPSA) is 50.9 Å². The van der Waals surface area contributed by atoms with Crippen molar-refractivity contribution in [3.8, 4) is 5.75 Å². The summed E-state index contributed by atoms with van der Waals surface area (Å²) in [7, 11) is 0. The fraction of sp³-hybridized carbons (Fsp3) is 0.588. The van der Waals surface area contributed by atoms with Crippen LogP contribution in [0, 0.1) is 0 Å². The predicted octanol–water partition coefficient (Wildman–Crippen LogP) is 3.09. The number of aliphatic imine (C=N–C) groups is 1.